The van der Waals surface area contributed by atoms with Gasteiger partial charge in [0, 0.05) is 19.3 Å². The van der Waals surface area contributed by atoms with Gasteiger partial charge in [0.1, 0.15) is 13.2 Å². The van der Waals surface area contributed by atoms with Gasteiger partial charge in [-0.25, -0.2) is 0 Å². The van der Waals surface area contributed by atoms with Gasteiger partial charge in [-0.3, -0.25) is 14.4 Å². The first kappa shape index (κ1) is 55.4. The highest BCUT2D eigenvalue weighted by molar-refractivity contribution is 5.71. The molecule has 0 heterocycles. The molecular weight excluding hydrogens is 721 g/mol. The van der Waals surface area contributed by atoms with Gasteiger partial charge in [-0.15, -0.1) is 0 Å². The van der Waals surface area contributed by atoms with E-state index < -0.39 is 6.10 Å². The average molecular weight is 813 g/mol. The average Bonchev–Trinajstić information content (AvgIpc) is 3.22. The Hall–Kier alpha value is -2.63. The molecule has 0 rings (SSSR count). The SMILES string of the molecule is CC/C=C\C/C=C\C/C=C\C/C=C\CCCCC(=O)O[C@@H](COC(=O)CCCCCCCCCCCCCC)COC(=O)CCCCCCCCCCCCCCC. The van der Waals surface area contributed by atoms with Crippen LogP contribution in [0.15, 0.2) is 48.6 Å². The first-order valence-corrected chi connectivity index (χ1v) is 24.6. The maximum Gasteiger partial charge on any atom is 0.306 e. The van der Waals surface area contributed by atoms with E-state index >= 15 is 0 Å². The molecule has 0 aromatic carbocycles. The molecule has 0 aromatic heterocycles. The number of allylic oxidation sites excluding steroid dienone is 8. The fourth-order valence-corrected chi connectivity index (χ4v) is 6.90. The first-order chi connectivity index (χ1) is 28.5. The molecule has 0 unspecified atom stereocenters. The summed E-state index contributed by atoms with van der Waals surface area (Å²) in [5.41, 5.74) is 0. The summed E-state index contributed by atoms with van der Waals surface area (Å²) in [5, 5.41) is 0. The molecular formula is C52H92O6. The Morgan fingerprint density at radius 3 is 1.05 bits per heavy atom. The van der Waals surface area contributed by atoms with Crippen LogP contribution in [0.4, 0.5) is 0 Å². The molecule has 6 heteroatoms. The minimum Gasteiger partial charge on any atom is -0.462 e. The van der Waals surface area contributed by atoms with Crippen molar-refractivity contribution in [3.63, 3.8) is 0 Å². The van der Waals surface area contributed by atoms with Crippen molar-refractivity contribution in [2.75, 3.05) is 13.2 Å². The minimum atomic E-state index is -0.789. The molecule has 0 aliphatic carbocycles. The van der Waals surface area contributed by atoms with Crippen molar-refractivity contribution in [3.8, 4) is 0 Å². The number of rotatable bonds is 44. The molecule has 0 radical (unpaired) electrons. The van der Waals surface area contributed by atoms with Crippen LogP contribution in [0.3, 0.4) is 0 Å². The lowest BCUT2D eigenvalue weighted by atomic mass is 10.0. The van der Waals surface area contributed by atoms with Crippen molar-refractivity contribution in [2.24, 2.45) is 0 Å². The quantitative estimate of drug-likeness (QED) is 0.0264. The molecule has 58 heavy (non-hydrogen) atoms. The fourth-order valence-electron chi connectivity index (χ4n) is 6.90. The van der Waals surface area contributed by atoms with Gasteiger partial charge in [-0.1, -0.05) is 217 Å². The van der Waals surface area contributed by atoms with Crippen molar-refractivity contribution in [1.29, 1.82) is 0 Å². The lowest BCUT2D eigenvalue weighted by Crippen LogP contribution is -2.30. The van der Waals surface area contributed by atoms with Gasteiger partial charge in [-0.2, -0.15) is 0 Å². The predicted octanol–water partition coefficient (Wildman–Crippen LogP) is 15.9. The molecule has 0 N–H and O–H groups in total. The van der Waals surface area contributed by atoms with Crippen molar-refractivity contribution < 1.29 is 28.6 Å². The van der Waals surface area contributed by atoms with Gasteiger partial charge < -0.3 is 14.2 Å². The second-order valence-corrected chi connectivity index (χ2v) is 16.4. The summed E-state index contributed by atoms with van der Waals surface area (Å²) in [7, 11) is 0. The van der Waals surface area contributed by atoms with Crippen LogP contribution in [0.25, 0.3) is 0 Å². The van der Waals surface area contributed by atoms with Crippen LogP contribution in [-0.2, 0) is 28.6 Å². The molecule has 336 valence electrons. The topological polar surface area (TPSA) is 78.9 Å². The zero-order chi connectivity index (χ0) is 42.3. The Balaban J connectivity index is 4.43. The Morgan fingerprint density at radius 2 is 0.672 bits per heavy atom. The molecule has 0 saturated heterocycles. The molecule has 0 aliphatic heterocycles. The summed E-state index contributed by atoms with van der Waals surface area (Å²) in [6.45, 7) is 6.49. The standard InChI is InChI=1S/C52H92O6/c1-4-7-10-13-16-19-22-25-26-28-31-34-37-40-43-46-52(55)58-49(47-56-50(53)44-41-38-35-32-29-24-21-18-15-12-9-6-3)48-57-51(54)45-42-39-36-33-30-27-23-20-17-14-11-8-5-2/h7,10,16,19,25-26,31,34,49H,4-6,8-9,11-15,17-18,20-24,27-30,32-33,35-48H2,1-3H3/b10-7-,19-16-,26-25-,34-31-/t49-/m0/s1. The van der Waals surface area contributed by atoms with Crippen molar-refractivity contribution in [2.45, 2.75) is 252 Å². The van der Waals surface area contributed by atoms with E-state index in [2.05, 4.69) is 69.4 Å². The van der Waals surface area contributed by atoms with Crippen LogP contribution >= 0.6 is 0 Å². The van der Waals surface area contributed by atoms with Crippen LogP contribution in [0.2, 0.25) is 0 Å². The zero-order valence-corrected chi connectivity index (χ0v) is 38.3. The Bertz CT molecular complexity index is 1030. The molecule has 0 aromatic rings. The smallest absolute Gasteiger partial charge is 0.306 e. The Labute approximate surface area is 358 Å². The molecule has 0 bridgehead atoms. The number of hydrogen-bond acceptors (Lipinski definition) is 6. The largest absolute Gasteiger partial charge is 0.462 e. The van der Waals surface area contributed by atoms with E-state index in [1.54, 1.807) is 0 Å². The monoisotopic (exact) mass is 813 g/mol. The second-order valence-electron chi connectivity index (χ2n) is 16.4. The number of unbranched alkanes of at least 4 members (excludes halogenated alkanes) is 25. The number of hydrogen-bond donors (Lipinski definition) is 0. The van der Waals surface area contributed by atoms with Gasteiger partial charge in [-0.05, 0) is 57.8 Å². The molecule has 0 aliphatic rings. The van der Waals surface area contributed by atoms with Crippen LogP contribution in [-0.4, -0.2) is 37.2 Å². The lowest BCUT2D eigenvalue weighted by Gasteiger charge is -2.18. The van der Waals surface area contributed by atoms with E-state index in [0.29, 0.717) is 19.3 Å². The third kappa shape index (κ3) is 44.5. The van der Waals surface area contributed by atoms with Gasteiger partial charge in [0.2, 0.25) is 0 Å². The molecule has 6 nitrogen and oxygen atoms in total. The maximum absolute atomic E-state index is 12.7. The van der Waals surface area contributed by atoms with E-state index in [4.69, 9.17) is 14.2 Å². The summed E-state index contributed by atoms with van der Waals surface area (Å²) in [4.78, 5) is 37.8. The summed E-state index contributed by atoms with van der Waals surface area (Å²) in [6, 6.07) is 0. The zero-order valence-electron chi connectivity index (χ0n) is 38.3. The predicted molar refractivity (Wildman–Crippen MR) is 247 cm³/mol. The van der Waals surface area contributed by atoms with Crippen molar-refractivity contribution in [3.05, 3.63) is 48.6 Å². The minimum absolute atomic E-state index is 0.0865. The highest BCUT2D eigenvalue weighted by atomic mass is 16.6. The number of carbonyl (C=O) groups excluding carboxylic acids is 3. The summed E-state index contributed by atoms with van der Waals surface area (Å²) >= 11 is 0. The summed E-state index contributed by atoms with van der Waals surface area (Å²) in [5.74, 6) is -0.922. The molecule has 0 fully saturated rings. The molecule has 0 spiro atoms. The lowest BCUT2D eigenvalue weighted by molar-refractivity contribution is -0.167. The highest BCUT2D eigenvalue weighted by Crippen LogP contribution is 2.15. The Morgan fingerprint density at radius 1 is 0.362 bits per heavy atom. The normalized spacial score (nSPS) is 12.4. The van der Waals surface area contributed by atoms with Crippen LogP contribution < -0.4 is 0 Å². The molecule has 0 amide bonds. The first-order valence-electron chi connectivity index (χ1n) is 24.6. The van der Waals surface area contributed by atoms with E-state index in [1.807, 2.05) is 0 Å². The van der Waals surface area contributed by atoms with Crippen LogP contribution in [0.5, 0.6) is 0 Å². The van der Waals surface area contributed by atoms with Crippen LogP contribution in [0, 0.1) is 0 Å². The second kappa shape index (κ2) is 47.1. The number of ether oxygens (including phenoxy) is 3. The van der Waals surface area contributed by atoms with E-state index in [-0.39, 0.29) is 37.5 Å². The fraction of sp³-hybridized carbons (Fsp3) is 0.788. The van der Waals surface area contributed by atoms with Gasteiger partial charge in [0.25, 0.3) is 0 Å². The van der Waals surface area contributed by atoms with Crippen LogP contribution in [0.1, 0.15) is 245 Å². The van der Waals surface area contributed by atoms with Crippen molar-refractivity contribution >= 4 is 17.9 Å². The summed E-state index contributed by atoms with van der Waals surface area (Å²) < 4.78 is 16.7. The maximum atomic E-state index is 12.7. The molecule has 1 atom stereocenters. The number of carbonyl (C=O) groups is 3. The summed E-state index contributed by atoms with van der Waals surface area (Å²) in [6.07, 6.45) is 55.2. The highest BCUT2D eigenvalue weighted by Gasteiger charge is 2.19. The third-order valence-electron chi connectivity index (χ3n) is 10.6. The van der Waals surface area contributed by atoms with Crippen molar-refractivity contribution in [1.82, 2.24) is 0 Å². The van der Waals surface area contributed by atoms with Gasteiger partial charge in [0.05, 0.1) is 0 Å². The number of esters is 3. The third-order valence-corrected chi connectivity index (χ3v) is 10.6. The molecule has 0 saturated carbocycles. The van der Waals surface area contributed by atoms with E-state index in [1.165, 1.54) is 122 Å². The van der Waals surface area contributed by atoms with E-state index in [0.717, 1.165) is 77.0 Å². The van der Waals surface area contributed by atoms with Gasteiger partial charge in [0.15, 0.2) is 6.10 Å². The Kier molecular flexibility index (Phi) is 44.9. The van der Waals surface area contributed by atoms with E-state index in [9.17, 15) is 14.4 Å². The van der Waals surface area contributed by atoms with Gasteiger partial charge >= 0.3 is 17.9 Å².